The monoisotopic (exact) mass is 307 g/mol. The minimum Gasteiger partial charge on any atom is -0.324 e. The summed E-state index contributed by atoms with van der Waals surface area (Å²) >= 11 is 0. The molecule has 3 heterocycles. The van der Waals surface area contributed by atoms with Crippen LogP contribution in [0.5, 0.6) is 0 Å². The summed E-state index contributed by atoms with van der Waals surface area (Å²) in [6.45, 7) is 0. The first-order valence-corrected chi connectivity index (χ1v) is 6.99. The maximum atomic E-state index is 11.2. The van der Waals surface area contributed by atoms with Crippen LogP contribution >= 0.6 is 0 Å². The average Bonchev–Trinajstić information content (AvgIpc) is 3.10. The highest BCUT2D eigenvalue weighted by atomic mass is 16.1. The summed E-state index contributed by atoms with van der Waals surface area (Å²) in [5.41, 5.74) is 3.38. The molecule has 3 N–H and O–H groups in total. The van der Waals surface area contributed by atoms with Gasteiger partial charge in [0.1, 0.15) is 0 Å². The fourth-order valence-electron chi connectivity index (χ4n) is 2.39. The first-order valence-electron chi connectivity index (χ1n) is 6.99. The molecule has 1 aromatic carbocycles. The fraction of sp³-hybridized carbons (Fsp3) is 0.0667. The fourth-order valence-corrected chi connectivity index (χ4v) is 2.39. The van der Waals surface area contributed by atoms with Crippen molar-refractivity contribution >= 4 is 22.9 Å². The van der Waals surface area contributed by atoms with Crippen molar-refractivity contribution < 1.29 is 0 Å². The van der Waals surface area contributed by atoms with Crippen LogP contribution in [0.4, 0.5) is 11.9 Å². The molecule has 114 valence electrons. The Morgan fingerprint density at radius 3 is 2.83 bits per heavy atom. The van der Waals surface area contributed by atoms with Crippen molar-refractivity contribution in [2.45, 2.75) is 0 Å². The lowest BCUT2D eigenvalue weighted by molar-refractivity contribution is 0.764. The van der Waals surface area contributed by atoms with Crippen molar-refractivity contribution in [2.24, 2.45) is 7.05 Å². The number of aromatic amines is 2. The molecule has 0 aliphatic carbocycles. The molecule has 8 nitrogen and oxygen atoms in total. The standard InChI is InChI=1S/C15H13N7O/c1-22-14(20-15(23)21-22)19-13-17-11-5-4-9(7-12(11)18-13)10-3-2-6-16-8-10/h2-8H,1H3,(H3,17,18,19,20,21,23). The molecule has 8 heteroatoms. The van der Waals surface area contributed by atoms with Crippen LogP contribution in [0, 0.1) is 0 Å². The van der Waals surface area contributed by atoms with E-state index in [1.807, 2.05) is 36.5 Å². The summed E-state index contributed by atoms with van der Waals surface area (Å²) in [5, 5.41) is 5.51. The molecular weight excluding hydrogens is 294 g/mol. The van der Waals surface area contributed by atoms with Crippen LogP contribution in [0.25, 0.3) is 22.2 Å². The largest absolute Gasteiger partial charge is 0.363 e. The number of fused-ring (bicyclic) bond motifs is 1. The molecule has 23 heavy (non-hydrogen) atoms. The highest BCUT2D eigenvalue weighted by molar-refractivity contribution is 5.83. The molecule has 0 atom stereocenters. The van der Waals surface area contributed by atoms with Crippen LogP contribution < -0.4 is 11.0 Å². The molecule has 4 rings (SSSR count). The van der Waals surface area contributed by atoms with Crippen molar-refractivity contribution in [1.82, 2.24) is 29.7 Å². The molecule has 3 aromatic heterocycles. The summed E-state index contributed by atoms with van der Waals surface area (Å²) in [4.78, 5) is 26.8. The zero-order valence-corrected chi connectivity index (χ0v) is 12.2. The number of benzene rings is 1. The number of pyridine rings is 1. The molecule has 0 amide bonds. The second-order valence-corrected chi connectivity index (χ2v) is 5.10. The Kier molecular flexibility index (Phi) is 2.94. The van der Waals surface area contributed by atoms with Gasteiger partial charge in [0.15, 0.2) is 0 Å². The van der Waals surface area contributed by atoms with Gasteiger partial charge in [-0.3, -0.25) is 15.0 Å². The van der Waals surface area contributed by atoms with Crippen molar-refractivity contribution in [3.8, 4) is 11.1 Å². The average molecular weight is 307 g/mol. The van der Waals surface area contributed by atoms with Crippen LogP contribution in [0.1, 0.15) is 0 Å². The van der Waals surface area contributed by atoms with E-state index in [1.54, 1.807) is 13.2 Å². The zero-order valence-electron chi connectivity index (χ0n) is 12.2. The van der Waals surface area contributed by atoms with E-state index in [9.17, 15) is 4.79 Å². The third kappa shape index (κ3) is 2.46. The summed E-state index contributed by atoms with van der Waals surface area (Å²) in [7, 11) is 1.69. The second kappa shape index (κ2) is 5.09. The predicted molar refractivity (Wildman–Crippen MR) is 86.4 cm³/mol. The Bertz CT molecular complexity index is 1030. The van der Waals surface area contributed by atoms with Crippen LogP contribution in [-0.4, -0.2) is 29.7 Å². The van der Waals surface area contributed by atoms with Gasteiger partial charge in [0, 0.05) is 25.0 Å². The highest BCUT2D eigenvalue weighted by Gasteiger charge is 2.08. The van der Waals surface area contributed by atoms with E-state index >= 15 is 0 Å². The first kappa shape index (κ1) is 13.3. The number of aryl methyl sites for hydroxylation is 1. The molecule has 4 aromatic rings. The molecule has 0 saturated heterocycles. The topological polar surface area (TPSA) is 104 Å². The van der Waals surface area contributed by atoms with E-state index in [-0.39, 0.29) is 0 Å². The first-order chi connectivity index (χ1) is 11.2. The highest BCUT2D eigenvalue weighted by Crippen LogP contribution is 2.24. The molecule has 0 radical (unpaired) electrons. The van der Waals surface area contributed by atoms with Gasteiger partial charge in [0.2, 0.25) is 11.9 Å². The number of nitrogens with zero attached hydrogens (tertiary/aromatic N) is 4. The van der Waals surface area contributed by atoms with E-state index in [0.29, 0.717) is 11.9 Å². The number of aromatic nitrogens is 6. The number of hydrogen-bond acceptors (Lipinski definition) is 5. The van der Waals surface area contributed by atoms with Crippen LogP contribution in [0.2, 0.25) is 0 Å². The Morgan fingerprint density at radius 1 is 1.17 bits per heavy atom. The van der Waals surface area contributed by atoms with Gasteiger partial charge < -0.3 is 4.98 Å². The maximum absolute atomic E-state index is 11.2. The van der Waals surface area contributed by atoms with E-state index in [0.717, 1.165) is 22.2 Å². The summed E-state index contributed by atoms with van der Waals surface area (Å²) in [6.07, 6.45) is 3.56. The number of hydrogen-bond donors (Lipinski definition) is 3. The molecule has 0 spiro atoms. The lowest BCUT2D eigenvalue weighted by Crippen LogP contribution is -2.03. The Labute approximate surface area is 130 Å². The number of H-pyrrole nitrogens is 2. The van der Waals surface area contributed by atoms with Gasteiger partial charge >= 0.3 is 5.69 Å². The van der Waals surface area contributed by atoms with Gasteiger partial charge in [-0.15, -0.1) is 0 Å². The van der Waals surface area contributed by atoms with E-state index in [4.69, 9.17) is 0 Å². The minimum absolute atomic E-state index is 0.390. The van der Waals surface area contributed by atoms with Gasteiger partial charge in [0.05, 0.1) is 11.0 Å². The van der Waals surface area contributed by atoms with Gasteiger partial charge in [-0.2, -0.15) is 4.98 Å². The number of rotatable bonds is 3. The Morgan fingerprint density at radius 2 is 2.09 bits per heavy atom. The lowest BCUT2D eigenvalue weighted by Gasteiger charge is -2.00. The summed E-state index contributed by atoms with van der Waals surface area (Å²) in [6, 6.07) is 9.84. The van der Waals surface area contributed by atoms with Crippen molar-refractivity contribution in [3.63, 3.8) is 0 Å². The van der Waals surface area contributed by atoms with Gasteiger partial charge in [-0.05, 0) is 23.8 Å². The SMILES string of the molecule is Cn1[nH]c(=O)nc1Nc1nc2ccc(-c3cccnc3)cc2[nH]1. The smallest absolute Gasteiger partial charge is 0.324 e. The van der Waals surface area contributed by atoms with Crippen molar-refractivity contribution in [1.29, 1.82) is 0 Å². The Hall–Kier alpha value is -3.42. The van der Waals surface area contributed by atoms with Crippen molar-refractivity contribution in [3.05, 3.63) is 53.2 Å². The molecule has 0 bridgehead atoms. The third-order valence-electron chi connectivity index (χ3n) is 3.50. The van der Waals surface area contributed by atoms with E-state index < -0.39 is 5.69 Å². The number of anilines is 2. The van der Waals surface area contributed by atoms with Crippen LogP contribution in [-0.2, 0) is 7.05 Å². The van der Waals surface area contributed by atoms with Crippen molar-refractivity contribution in [2.75, 3.05) is 5.32 Å². The second-order valence-electron chi connectivity index (χ2n) is 5.10. The van der Waals surface area contributed by atoms with Gasteiger partial charge in [-0.1, -0.05) is 12.1 Å². The molecule has 0 aliphatic rings. The normalized spacial score (nSPS) is 11.0. The molecule has 0 fully saturated rings. The van der Waals surface area contributed by atoms with Crippen LogP contribution in [0.15, 0.2) is 47.5 Å². The zero-order chi connectivity index (χ0) is 15.8. The predicted octanol–water partition coefficient (Wildman–Crippen LogP) is 1.79. The molecule has 0 unspecified atom stereocenters. The summed E-state index contributed by atoms with van der Waals surface area (Å²) in [5.74, 6) is 0.909. The number of nitrogens with one attached hydrogen (secondary N) is 3. The lowest BCUT2D eigenvalue weighted by atomic mass is 10.1. The molecule has 0 saturated carbocycles. The van der Waals surface area contributed by atoms with Crippen LogP contribution in [0.3, 0.4) is 0 Å². The van der Waals surface area contributed by atoms with E-state index in [1.165, 1.54) is 4.68 Å². The molecular formula is C15H13N7O. The maximum Gasteiger partial charge on any atom is 0.363 e. The van der Waals surface area contributed by atoms with Gasteiger partial charge in [0.25, 0.3) is 0 Å². The van der Waals surface area contributed by atoms with E-state index in [2.05, 4.69) is 30.4 Å². The summed E-state index contributed by atoms with van der Waals surface area (Å²) < 4.78 is 1.50. The quantitative estimate of drug-likeness (QED) is 0.535. The van der Waals surface area contributed by atoms with Gasteiger partial charge in [-0.25, -0.2) is 14.9 Å². The third-order valence-corrected chi connectivity index (χ3v) is 3.50. The molecule has 0 aliphatic heterocycles. The number of imidazole rings is 1. The minimum atomic E-state index is -0.412. The Balaban J connectivity index is 1.71.